The van der Waals surface area contributed by atoms with Gasteiger partial charge in [0.25, 0.3) is 10.2 Å². The molecule has 0 fully saturated rings. The zero-order valence-corrected chi connectivity index (χ0v) is 10.9. The summed E-state index contributed by atoms with van der Waals surface area (Å²) in [5, 5.41) is 11.2. The maximum Gasteiger partial charge on any atom is 0.281 e. The Hall–Kier alpha value is -0.860. The average Bonchev–Trinajstić information content (AvgIpc) is 2.16. The second-order valence-electron chi connectivity index (χ2n) is 3.84. The van der Waals surface area contributed by atoms with E-state index in [1.807, 2.05) is 0 Å². The van der Waals surface area contributed by atoms with Gasteiger partial charge in [-0.2, -0.15) is 17.0 Å². The van der Waals surface area contributed by atoms with Crippen molar-refractivity contribution < 1.29 is 13.6 Å². The first-order valence-electron chi connectivity index (χ1n) is 4.89. The molecule has 0 spiro atoms. The smallest absolute Gasteiger partial charge is 0.281 e. The molecule has 0 amide bonds. The second-order valence-corrected chi connectivity index (χ2v) is 5.93. The van der Waals surface area contributed by atoms with Crippen molar-refractivity contribution in [1.29, 1.82) is 0 Å². The number of nitrogens with zero attached hydrogens (tertiary/aromatic N) is 3. The summed E-state index contributed by atoms with van der Waals surface area (Å²) < 4.78 is 26.2. The van der Waals surface area contributed by atoms with Crippen LogP contribution in [0.2, 0.25) is 0 Å². The van der Waals surface area contributed by atoms with Crippen LogP contribution in [-0.2, 0) is 10.2 Å². The van der Waals surface area contributed by atoms with E-state index in [1.165, 1.54) is 18.4 Å². The van der Waals surface area contributed by atoms with Crippen LogP contribution in [0.3, 0.4) is 0 Å². The number of amidine groups is 1. The molecule has 0 rings (SSSR count). The molecule has 0 heterocycles. The summed E-state index contributed by atoms with van der Waals surface area (Å²) >= 11 is 0. The SMILES string of the molecule is CC(C)N(CCC(N)=NO)S(=O)(=O)N(C)C. The molecule has 0 atom stereocenters. The molecule has 0 saturated carbocycles. The topological polar surface area (TPSA) is 99.2 Å². The Morgan fingerprint density at radius 3 is 2.25 bits per heavy atom. The Bertz CT molecular complexity index is 337. The fourth-order valence-electron chi connectivity index (χ4n) is 1.12. The van der Waals surface area contributed by atoms with Crippen LogP contribution >= 0.6 is 0 Å². The molecule has 7 nitrogen and oxygen atoms in total. The summed E-state index contributed by atoms with van der Waals surface area (Å²) in [5.74, 6) is 0.0135. The zero-order chi connectivity index (χ0) is 12.9. The summed E-state index contributed by atoms with van der Waals surface area (Å²) in [4.78, 5) is 0. The van der Waals surface area contributed by atoms with Gasteiger partial charge in [-0.1, -0.05) is 5.16 Å². The van der Waals surface area contributed by atoms with Crippen LogP contribution < -0.4 is 5.73 Å². The highest BCUT2D eigenvalue weighted by atomic mass is 32.2. The van der Waals surface area contributed by atoms with E-state index < -0.39 is 10.2 Å². The molecular weight excluding hydrogens is 232 g/mol. The van der Waals surface area contributed by atoms with Crippen LogP contribution in [-0.4, -0.2) is 54.8 Å². The number of oxime groups is 1. The van der Waals surface area contributed by atoms with Crippen molar-refractivity contribution in [2.45, 2.75) is 26.3 Å². The number of rotatable bonds is 6. The first-order valence-corrected chi connectivity index (χ1v) is 6.28. The number of nitrogens with two attached hydrogens (primary N) is 1. The van der Waals surface area contributed by atoms with Crippen LogP contribution in [0, 0.1) is 0 Å². The summed E-state index contributed by atoms with van der Waals surface area (Å²) in [6, 6.07) is -0.182. The molecule has 0 saturated heterocycles. The van der Waals surface area contributed by atoms with E-state index in [-0.39, 0.29) is 24.8 Å². The van der Waals surface area contributed by atoms with E-state index in [4.69, 9.17) is 10.9 Å². The fourth-order valence-corrected chi connectivity index (χ4v) is 2.40. The molecule has 0 radical (unpaired) electrons. The molecule has 0 aliphatic carbocycles. The van der Waals surface area contributed by atoms with E-state index in [0.717, 1.165) is 4.31 Å². The monoisotopic (exact) mass is 252 g/mol. The molecule has 0 aromatic heterocycles. The van der Waals surface area contributed by atoms with Gasteiger partial charge < -0.3 is 10.9 Å². The molecule has 0 aliphatic heterocycles. The maximum atomic E-state index is 11.9. The lowest BCUT2D eigenvalue weighted by Crippen LogP contribution is -2.45. The fraction of sp³-hybridized carbons (Fsp3) is 0.875. The van der Waals surface area contributed by atoms with E-state index in [9.17, 15) is 8.42 Å². The van der Waals surface area contributed by atoms with Gasteiger partial charge in [0.1, 0.15) is 5.84 Å². The third-order valence-electron chi connectivity index (χ3n) is 2.05. The van der Waals surface area contributed by atoms with Crippen molar-refractivity contribution in [3.05, 3.63) is 0 Å². The van der Waals surface area contributed by atoms with Crippen molar-refractivity contribution in [1.82, 2.24) is 8.61 Å². The summed E-state index contributed by atoms with van der Waals surface area (Å²) in [6.07, 6.45) is 0.196. The second kappa shape index (κ2) is 6.02. The lowest BCUT2D eigenvalue weighted by Gasteiger charge is -2.28. The predicted molar refractivity (Wildman–Crippen MR) is 62.5 cm³/mol. The molecule has 96 valence electrons. The molecule has 0 unspecified atom stereocenters. The van der Waals surface area contributed by atoms with Crippen molar-refractivity contribution >= 4 is 16.0 Å². The highest BCUT2D eigenvalue weighted by molar-refractivity contribution is 7.86. The minimum Gasteiger partial charge on any atom is -0.409 e. The minimum absolute atomic E-state index is 0.0135. The Balaban J connectivity index is 4.78. The number of hydrogen-bond acceptors (Lipinski definition) is 4. The lowest BCUT2D eigenvalue weighted by molar-refractivity contribution is 0.310. The Labute approximate surface area is 96.7 Å². The van der Waals surface area contributed by atoms with Crippen molar-refractivity contribution in [3.8, 4) is 0 Å². The van der Waals surface area contributed by atoms with E-state index >= 15 is 0 Å². The standard InChI is InChI=1S/C8H20N4O3S/c1-7(2)12(6-5-8(9)10-13)16(14,15)11(3)4/h7,13H,5-6H2,1-4H3,(H2,9,10). The van der Waals surface area contributed by atoms with Crippen molar-refractivity contribution in [2.24, 2.45) is 10.9 Å². The van der Waals surface area contributed by atoms with Crippen molar-refractivity contribution in [2.75, 3.05) is 20.6 Å². The largest absolute Gasteiger partial charge is 0.409 e. The first kappa shape index (κ1) is 15.1. The normalized spacial score (nSPS) is 14.1. The quantitative estimate of drug-likeness (QED) is 0.292. The van der Waals surface area contributed by atoms with Crippen LogP contribution in [0.1, 0.15) is 20.3 Å². The van der Waals surface area contributed by atoms with E-state index in [1.54, 1.807) is 13.8 Å². The Morgan fingerprint density at radius 1 is 1.44 bits per heavy atom. The maximum absolute atomic E-state index is 11.9. The van der Waals surface area contributed by atoms with Crippen LogP contribution in [0.25, 0.3) is 0 Å². The molecule has 3 N–H and O–H groups in total. The van der Waals surface area contributed by atoms with E-state index in [2.05, 4.69) is 5.16 Å². The minimum atomic E-state index is -3.47. The third kappa shape index (κ3) is 3.95. The van der Waals surface area contributed by atoms with Gasteiger partial charge in [-0.05, 0) is 13.8 Å². The highest BCUT2D eigenvalue weighted by Crippen LogP contribution is 2.10. The number of hydrogen-bond donors (Lipinski definition) is 2. The van der Waals surface area contributed by atoms with Gasteiger partial charge >= 0.3 is 0 Å². The van der Waals surface area contributed by atoms with Gasteiger partial charge in [-0.15, -0.1) is 0 Å². The van der Waals surface area contributed by atoms with Gasteiger partial charge in [-0.25, -0.2) is 0 Å². The van der Waals surface area contributed by atoms with Crippen molar-refractivity contribution in [3.63, 3.8) is 0 Å². The van der Waals surface area contributed by atoms with Gasteiger partial charge in [0.2, 0.25) is 0 Å². The Morgan fingerprint density at radius 2 is 1.94 bits per heavy atom. The molecule has 0 aromatic carbocycles. The van der Waals surface area contributed by atoms with Gasteiger partial charge in [0, 0.05) is 33.1 Å². The summed E-state index contributed by atoms with van der Waals surface area (Å²) in [7, 11) is -0.535. The lowest BCUT2D eigenvalue weighted by atomic mass is 10.3. The van der Waals surface area contributed by atoms with Crippen LogP contribution in [0.4, 0.5) is 0 Å². The summed E-state index contributed by atoms with van der Waals surface area (Å²) in [6.45, 7) is 3.73. The highest BCUT2D eigenvalue weighted by Gasteiger charge is 2.26. The molecule has 0 aromatic rings. The summed E-state index contributed by atoms with van der Waals surface area (Å²) in [5.41, 5.74) is 5.31. The van der Waals surface area contributed by atoms with Gasteiger partial charge in [-0.3, -0.25) is 0 Å². The molecule has 0 aliphatic rings. The predicted octanol–water partition coefficient (Wildman–Crippen LogP) is -0.360. The van der Waals surface area contributed by atoms with E-state index in [0.29, 0.717) is 0 Å². The first-order chi connectivity index (χ1) is 7.23. The van der Waals surface area contributed by atoms with Crippen LogP contribution in [0.15, 0.2) is 5.16 Å². The molecule has 0 bridgehead atoms. The average molecular weight is 252 g/mol. The van der Waals surface area contributed by atoms with Crippen LogP contribution in [0.5, 0.6) is 0 Å². The molecular formula is C8H20N4O3S. The molecule has 8 heteroatoms. The van der Waals surface area contributed by atoms with Gasteiger partial charge in [0.15, 0.2) is 0 Å². The third-order valence-corrected chi connectivity index (χ3v) is 4.17. The zero-order valence-electron chi connectivity index (χ0n) is 10.1. The molecule has 16 heavy (non-hydrogen) atoms. The van der Waals surface area contributed by atoms with Gasteiger partial charge in [0.05, 0.1) is 0 Å². The Kier molecular flexibility index (Phi) is 5.70.